The van der Waals surface area contributed by atoms with Crippen LogP contribution in [0.25, 0.3) is 6.08 Å². The molecule has 1 saturated heterocycles. The number of amides is 1. The van der Waals surface area contributed by atoms with Crippen molar-refractivity contribution >= 4 is 39.3 Å². The van der Waals surface area contributed by atoms with Gasteiger partial charge in [-0.3, -0.25) is 4.79 Å². The molecule has 28 heavy (non-hydrogen) atoms. The highest BCUT2D eigenvalue weighted by Crippen LogP contribution is 2.36. The third-order valence-corrected chi connectivity index (χ3v) is 5.33. The van der Waals surface area contributed by atoms with Gasteiger partial charge in [0.1, 0.15) is 0 Å². The van der Waals surface area contributed by atoms with Crippen molar-refractivity contribution in [3.8, 4) is 11.5 Å². The lowest BCUT2D eigenvalue weighted by Gasteiger charge is -2.28. The summed E-state index contributed by atoms with van der Waals surface area (Å²) < 4.78 is 11.4. The lowest BCUT2D eigenvalue weighted by molar-refractivity contribution is -0.111. The Hall–Kier alpha value is -2.47. The molecule has 0 radical (unpaired) electrons. The molecule has 2 aromatic rings. The smallest absolute Gasteiger partial charge is 0.248 e. The minimum atomic E-state index is -0.184. The zero-order valence-corrected chi connectivity index (χ0v) is 17.8. The van der Waals surface area contributed by atoms with Crippen molar-refractivity contribution in [1.82, 2.24) is 0 Å². The summed E-state index contributed by atoms with van der Waals surface area (Å²) in [5.74, 6) is 1.04. The summed E-state index contributed by atoms with van der Waals surface area (Å²) in [6, 6.07) is 11.7. The first-order valence-corrected chi connectivity index (χ1v) is 10.2. The number of halogens is 1. The van der Waals surface area contributed by atoms with Crippen LogP contribution in [-0.4, -0.2) is 33.2 Å². The van der Waals surface area contributed by atoms with Gasteiger partial charge in [0.2, 0.25) is 5.91 Å². The van der Waals surface area contributed by atoms with Gasteiger partial charge in [0.25, 0.3) is 0 Å². The van der Waals surface area contributed by atoms with Gasteiger partial charge in [0, 0.05) is 30.5 Å². The van der Waals surface area contributed by atoms with E-state index in [0.717, 1.165) is 28.8 Å². The summed E-state index contributed by atoms with van der Waals surface area (Å²) in [5, 5.41) is 2.90. The van der Waals surface area contributed by atoms with Crippen molar-refractivity contribution in [3.05, 3.63) is 52.5 Å². The molecule has 1 N–H and O–H groups in total. The predicted molar refractivity (Wildman–Crippen MR) is 117 cm³/mol. The second-order valence-corrected chi connectivity index (χ2v) is 7.51. The predicted octanol–water partition coefficient (Wildman–Crippen LogP) is 5.11. The number of carbonyl (C=O) groups excluding carboxylic acids is 1. The van der Waals surface area contributed by atoms with Crippen LogP contribution in [0.2, 0.25) is 0 Å². The Kier molecular flexibility index (Phi) is 6.98. The SMILES string of the molecule is COc1cc(/C=C/C(=O)Nc2ccc(N3CCCCC3)cc2)cc(Br)c1OC. The highest BCUT2D eigenvalue weighted by atomic mass is 79.9. The van der Waals surface area contributed by atoms with Crippen LogP contribution in [-0.2, 0) is 4.79 Å². The highest BCUT2D eigenvalue weighted by Gasteiger charge is 2.11. The van der Waals surface area contributed by atoms with Crippen LogP contribution in [0.4, 0.5) is 11.4 Å². The first-order valence-electron chi connectivity index (χ1n) is 9.36. The van der Waals surface area contributed by atoms with Crippen LogP contribution in [0.15, 0.2) is 46.9 Å². The molecular weight excluding hydrogens is 420 g/mol. The minimum Gasteiger partial charge on any atom is -0.493 e. The summed E-state index contributed by atoms with van der Waals surface area (Å²) in [6.45, 7) is 2.21. The van der Waals surface area contributed by atoms with E-state index in [9.17, 15) is 4.79 Å². The molecule has 0 aliphatic carbocycles. The largest absolute Gasteiger partial charge is 0.493 e. The molecule has 3 rings (SSSR count). The molecule has 0 bridgehead atoms. The van der Waals surface area contributed by atoms with Crippen molar-refractivity contribution in [3.63, 3.8) is 0 Å². The van der Waals surface area contributed by atoms with Gasteiger partial charge in [0.05, 0.1) is 18.7 Å². The average Bonchev–Trinajstić information content (AvgIpc) is 2.73. The molecule has 0 atom stereocenters. The van der Waals surface area contributed by atoms with E-state index in [4.69, 9.17) is 9.47 Å². The van der Waals surface area contributed by atoms with Crippen LogP contribution in [0.3, 0.4) is 0 Å². The fourth-order valence-corrected chi connectivity index (χ4v) is 3.92. The number of hydrogen-bond acceptors (Lipinski definition) is 4. The molecule has 0 aromatic heterocycles. The Morgan fingerprint density at radius 3 is 2.43 bits per heavy atom. The van der Waals surface area contributed by atoms with E-state index in [1.54, 1.807) is 20.3 Å². The lowest BCUT2D eigenvalue weighted by atomic mass is 10.1. The molecular formula is C22H25BrN2O3. The normalized spacial score (nSPS) is 14.2. The van der Waals surface area contributed by atoms with Gasteiger partial charge >= 0.3 is 0 Å². The Morgan fingerprint density at radius 2 is 1.79 bits per heavy atom. The number of piperidine rings is 1. The van der Waals surface area contributed by atoms with Crippen molar-refractivity contribution in [2.45, 2.75) is 19.3 Å². The van der Waals surface area contributed by atoms with Gasteiger partial charge < -0.3 is 19.7 Å². The zero-order chi connectivity index (χ0) is 19.9. The number of carbonyl (C=O) groups is 1. The molecule has 1 heterocycles. The number of anilines is 2. The zero-order valence-electron chi connectivity index (χ0n) is 16.2. The quantitative estimate of drug-likeness (QED) is 0.628. The van der Waals surface area contributed by atoms with Gasteiger partial charge in [-0.25, -0.2) is 0 Å². The molecule has 0 unspecified atom stereocenters. The Morgan fingerprint density at radius 1 is 1.07 bits per heavy atom. The number of nitrogens with zero attached hydrogens (tertiary/aromatic N) is 1. The van der Waals surface area contributed by atoms with Gasteiger partial charge in [-0.1, -0.05) is 0 Å². The lowest BCUT2D eigenvalue weighted by Crippen LogP contribution is -2.29. The van der Waals surface area contributed by atoms with Gasteiger partial charge in [-0.15, -0.1) is 0 Å². The molecule has 6 heteroatoms. The maximum Gasteiger partial charge on any atom is 0.248 e. The van der Waals surface area contributed by atoms with E-state index in [1.807, 2.05) is 24.3 Å². The maximum atomic E-state index is 12.3. The van der Waals surface area contributed by atoms with Crippen LogP contribution >= 0.6 is 15.9 Å². The minimum absolute atomic E-state index is 0.184. The monoisotopic (exact) mass is 444 g/mol. The fourth-order valence-electron chi connectivity index (χ4n) is 3.30. The molecule has 1 fully saturated rings. The summed E-state index contributed by atoms with van der Waals surface area (Å²) in [4.78, 5) is 14.7. The van der Waals surface area contributed by atoms with Crippen molar-refractivity contribution in [2.75, 3.05) is 37.5 Å². The number of benzene rings is 2. The molecule has 1 amide bonds. The van der Waals surface area contributed by atoms with E-state index < -0.39 is 0 Å². The number of rotatable bonds is 6. The highest BCUT2D eigenvalue weighted by molar-refractivity contribution is 9.10. The van der Waals surface area contributed by atoms with Crippen LogP contribution in [0, 0.1) is 0 Å². The molecule has 0 saturated carbocycles. The number of ether oxygens (including phenoxy) is 2. The average molecular weight is 445 g/mol. The number of methoxy groups -OCH3 is 2. The van der Waals surface area contributed by atoms with E-state index in [0.29, 0.717) is 11.5 Å². The van der Waals surface area contributed by atoms with E-state index in [-0.39, 0.29) is 5.91 Å². The van der Waals surface area contributed by atoms with Gasteiger partial charge in [0.15, 0.2) is 11.5 Å². The van der Waals surface area contributed by atoms with Crippen molar-refractivity contribution in [1.29, 1.82) is 0 Å². The first kappa shape index (κ1) is 20.3. The Balaban J connectivity index is 1.63. The Labute approximate surface area is 174 Å². The van der Waals surface area contributed by atoms with E-state index in [2.05, 4.69) is 38.3 Å². The van der Waals surface area contributed by atoms with Crippen LogP contribution in [0.1, 0.15) is 24.8 Å². The third-order valence-electron chi connectivity index (χ3n) is 4.74. The first-order chi connectivity index (χ1) is 13.6. The molecule has 0 spiro atoms. The van der Waals surface area contributed by atoms with E-state index in [1.165, 1.54) is 31.0 Å². The number of nitrogens with one attached hydrogen (secondary N) is 1. The maximum absolute atomic E-state index is 12.3. The second kappa shape index (κ2) is 9.64. The standard InChI is InChI=1S/C22H25BrN2O3/c1-27-20-15-16(14-19(23)22(20)28-2)6-11-21(26)24-17-7-9-18(10-8-17)25-12-4-3-5-13-25/h6-11,14-15H,3-5,12-13H2,1-2H3,(H,24,26)/b11-6+. The molecule has 1 aliphatic rings. The topological polar surface area (TPSA) is 50.8 Å². The van der Waals surface area contributed by atoms with Gasteiger partial charge in [-0.2, -0.15) is 0 Å². The molecule has 148 valence electrons. The molecule has 2 aromatic carbocycles. The summed E-state index contributed by atoms with van der Waals surface area (Å²) in [5.41, 5.74) is 2.83. The summed E-state index contributed by atoms with van der Waals surface area (Å²) >= 11 is 3.46. The van der Waals surface area contributed by atoms with Crippen LogP contribution in [0.5, 0.6) is 11.5 Å². The van der Waals surface area contributed by atoms with Crippen molar-refractivity contribution in [2.24, 2.45) is 0 Å². The fraction of sp³-hybridized carbons (Fsp3) is 0.318. The molecule has 1 aliphatic heterocycles. The third kappa shape index (κ3) is 5.07. The molecule has 5 nitrogen and oxygen atoms in total. The van der Waals surface area contributed by atoms with Gasteiger partial charge in [-0.05, 0) is 83.2 Å². The van der Waals surface area contributed by atoms with Crippen molar-refractivity contribution < 1.29 is 14.3 Å². The summed E-state index contributed by atoms with van der Waals surface area (Å²) in [7, 11) is 3.17. The Bertz CT molecular complexity index is 844. The number of hydrogen-bond donors (Lipinski definition) is 1. The van der Waals surface area contributed by atoms with Crippen LogP contribution < -0.4 is 19.7 Å². The summed E-state index contributed by atoms with van der Waals surface area (Å²) in [6.07, 6.45) is 7.05. The second-order valence-electron chi connectivity index (χ2n) is 6.66. The van der Waals surface area contributed by atoms with E-state index >= 15 is 0 Å².